The molecule has 0 bridgehead atoms. The summed E-state index contributed by atoms with van der Waals surface area (Å²) >= 11 is 0. The van der Waals surface area contributed by atoms with Gasteiger partial charge in [0.15, 0.2) is 18.9 Å². The Morgan fingerprint density at radius 3 is 1.15 bits per heavy atom. The van der Waals surface area contributed by atoms with Gasteiger partial charge in [-0.1, -0.05) is 0 Å². The van der Waals surface area contributed by atoms with Crippen LogP contribution in [0.4, 0.5) is 4.39 Å². The van der Waals surface area contributed by atoms with Crippen LogP contribution in [-0.4, -0.2) is 47.1 Å². The quantitative estimate of drug-likeness (QED) is 0.146. The lowest BCUT2D eigenvalue weighted by atomic mass is 10.3. The van der Waals surface area contributed by atoms with Crippen molar-refractivity contribution in [3.8, 4) is 17.2 Å². The number of rotatable bonds is 12. The molecule has 3 fully saturated rings. The molecule has 48 heavy (non-hydrogen) atoms. The van der Waals surface area contributed by atoms with E-state index in [9.17, 15) is 12.8 Å². The molecule has 4 aromatic carbocycles. The van der Waals surface area contributed by atoms with Crippen LogP contribution in [0.3, 0.4) is 0 Å². The maximum Gasteiger partial charge on any atom is 0.307 e. The van der Waals surface area contributed by atoms with E-state index in [0.717, 1.165) is 50.7 Å². The Bertz CT molecular complexity index is 1600. The van der Waals surface area contributed by atoms with E-state index in [2.05, 4.69) is 0 Å². The Kier molecular flexibility index (Phi) is 9.90. The number of benzene rings is 4. The monoisotopic (exact) mass is 696 g/mol. The fourth-order valence-electron chi connectivity index (χ4n) is 5.81. The summed E-state index contributed by atoms with van der Waals surface area (Å²) in [5.74, 6) is 1.20. The summed E-state index contributed by atoms with van der Waals surface area (Å²) in [7, 11) is -7.47. The second kappa shape index (κ2) is 14.5. The molecule has 0 radical (unpaired) electrons. The fourth-order valence-corrected chi connectivity index (χ4v) is 11.0. The van der Waals surface area contributed by atoms with E-state index < -0.39 is 26.2 Å². The molecule has 9 nitrogen and oxygen atoms in total. The minimum Gasteiger partial charge on any atom is -0.465 e. The van der Waals surface area contributed by atoms with Crippen LogP contribution in [0.5, 0.6) is 17.2 Å². The van der Waals surface area contributed by atoms with E-state index in [-0.39, 0.29) is 23.8 Å². The molecule has 0 aliphatic carbocycles. The van der Waals surface area contributed by atoms with Crippen molar-refractivity contribution in [2.75, 3.05) is 19.8 Å². The van der Waals surface area contributed by atoms with Crippen molar-refractivity contribution in [3.63, 3.8) is 0 Å². The number of halogens is 1. The minimum absolute atomic E-state index is 0.171. The molecule has 3 heterocycles. The zero-order chi connectivity index (χ0) is 33.0. The van der Waals surface area contributed by atoms with Crippen molar-refractivity contribution >= 4 is 20.4 Å². The van der Waals surface area contributed by atoms with E-state index in [1.54, 1.807) is 36.4 Å². The molecule has 0 amide bonds. The van der Waals surface area contributed by atoms with Gasteiger partial charge in [-0.3, -0.25) is 0 Å². The highest BCUT2D eigenvalue weighted by Gasteiger charge is 2.39. The van der Waals surface area contributed by atoms with Crippen LogP contribution in [-0.2, 0) is 28.0 Å². The van der Waals surface area contributed by atoms with Gasteiger partial charge in [0.1, 0.15) is 23.1 Å². The number of hydrogen-bond donors (Lipinski definition) is 0. The molecule has 12 heteroatoms. The van der Waals surface area contributed by atoms with Gasteiger partial charge in [0, 0.05) is 33.9 Å². The number of hydrogen-bond acceptors (Lipinski definition) is 9. The van der Waals surface area contributed by atoms with Gasteiger partial charge in [-0.25, -0.2) is 8.02 Å². The van der Waals surface area contributed by atoms with Gasteiger partial charge in [-0.2, -0.15) is 8.42 Å². The van der Waals surface area contributed by atoms with Gasteiger partial charge in [0.25, 0.3) is 0 Å². The molecule has 3 saturated heterocycles. The van der Waals surface area contributed by atoms with Gasteiger partial charge in [0.2, 0.25) is 0 Å². The normalized spacial score (nSPS) is 23.0. The first kappa shape index (κ1) is 32.9. The van der Waals surface area contributed by atoms with Crippen LogP contribution < -0.4 is 14.2 Å². The molecule has 4 aromatic rings. The SMILES string of the molecule is O=S(=O)(OS(c1ccc(OC2CCCO2)cc1)(c1ccc(OC2CCCO2)cc1)c1ccc(OC2CCCO2)cc1)c1ccc(F)cc1. The summed E-state index contributed by atoms with van der Waals surface area (Å²) in [5, 5.41) is 0. The zero-order valence-corrected chi connectivity index (χ0v) is 27.8. The second-order valence-corrected chi connectivity index (χ2v) is 16.1. The largest absolute Gasteiger partial charge is 0.465 e. The van der Waals surface area contributed by atoms with Crippen molar-refractivity contribution in [1.82, 2.24) is 0 Å². The van der Waals surface area contributed by atoms with Crippen molar-refractivity contribution < 1.29 is 44.9 Å². The van der Waals surface area contributed by atoms with E-state index in [1.165, 1.54) is 12.1 Å². The van der Waals surface area contributed by atoms with E-state index >= 15 is 0 Å². The smallest absolute Gasteiger partial charge is 0.307 e. The zero-order valence-electron chi connectivity index (χ0n) is 26.2. The third-order valence-corrected chi connectivity index (χ3v) is 13.4. The lowest BCUT2D eigenvalue weighted by molar-refractivity contribution is -0.0393. The molecule has 3 unspecified atom stereocenters. The van der Waals surface area contributed by atoms with Gasteiger partial charge in [-0.05, 0) is 127 Å². The Hall–Kier alpha value is -3.65. The lowest BCUT2D eigenvalue weighted by Crippen LogP contribution is -2.16. The molecule has 3 aliphatic rings. The van der Waals surface area contributed by atoms with Crippen molar-refractivity contribution in [2.24, 2.45) is 0 Å². The van der Waals surface area contributed by atoms with Crippen LogP contribution in [0, 0.1) is 5.82 Å². The molecule has 0 N–H and O–H groups in total. The van der Waals surface area contributed by atoms with Gasteiger partial charge in [-0.15, -0.1) is 0 Å². The third kappa shape index (κ3) is 7.34. The van der Waals surface area contributed by atoms with Gasteiger partial charge in [0.05, 0.1) is 24.7 Å². The first-order chi connectivity index (χ1) is 23.4. The maximum atomic E-state index is 14.1. The summed E-state index contributed by atoms with van der Waals surface area (Å²) in [6.07, 6.45) is 4.12. The van der Waals surface area contributed by atoms with E-state index in [4.69, 9.17) is 32.1 Å². The summed E-state index contributed by atoms with van der Waals surface area (Å²) in [4.78, 5) is 1.60. The fraction of sp³-hybridized carbons (Fsp3) is 0.333. The lowest BCUT2D eigenvalue weighted by Gasteiger charge is -2.39. The topological polar surface area (TPSA) is 98.8 Å². The van der Waals surface area contributed by atoms with Crippen molar-refractivity contribution in [1.29, 1.82) is 0 Å². The summed E-state index contributed by atoms with van der Waals surface area (Å²) in [6, 6.07) is 26.2. The van der Waals surface area contributed by atoms with Gasteiger partial charge < -0.3 is 28.4 Å². The van der Waals surface area contributed by atoms with Crippen LogP contribution in [0.1, 0.15) is 38.5 Å². The average Bonchev–Trinajstić information content (AvgIpc) is 3.91. The summed E-state index contributed by atoms with van der Waals surface area (Å²) in [5.41, 5.74) is 0. The third-order valence-electron chi connectivity index (χ3n) is 8.23. The van der Waals surface area contributed by atoms with E-state index in [0.29, 0.717) is 51.8 Å². The molecule has 3 aliphatic heterocycles. The molecule has 0 aromatic heterocycles. The van der Waals surface area contributed by atoms with Gasteiger partial charge >= 0.3 is 10.1 Å². The second-order valence-electron chi connectivity index (χ2n) is 11.6. The minimum atomic E-state index is -4.45. The summed E-state index contributed by atoms with van der Waals surface area (Å²) < 4.78 is 83.6. The Morgan fingerprint density at radius 1 is 0.500 bits per heavy atom. The molecular weight excluding hydrogens is 660 g/mol. The predicted molar refractivity (Wildman–Crippen MR) is 175 cm³/mol. The predicted octanol–water partition coefficient (Wildman–Crippen LogP) is 7.97. The van der Waals surface area contributed by atoms with Crippen LogP contribution in [0.15, 0.2) is 117 Å². The van der Waals surface area contributed by atoms with Crippen molar-refractivity contribution in [2.45, 2.75) is 77.0 Å². The van der Waals surface area contributed by atoms with Crippen LogP contribution in [0.25, 0.3) is 0 Å². The van der Waals surface area contributed by atoms with E-state index in [1.807, 2.05) is 36.4 Å². The highest BCUT2D eigenvalue weighted by atomic mass is 32.3. The molecule has 254 valence electrons. The Morgan fingerprint density at radius 2 is 0.833 bits per heavy atom. The highest BCUT2D eigenvalue weighted by Crippen LogP contribution is 2.70. The maximum absolute atomic E-state index is 14.1. The number of ether oxygens (including phenoxy) is 6. The molecule has 7 rings (SSSR count). The highest BCUT2D eigenvalue weighted by molar-refractivity contribution is 8.33. The Balaban J connectivity index is 1.33. The average molecular weight is 697 g/mol. The first-order valence-electron chi connectivity index (χ1n) is 16.1. The first-order valence-corrected chi connectivity index (χ1v) is 19.0. The van der Waals surface area contributed by atoms with Crippen molar-refractivity contribution in [3.05, 3.63) is 103 Å². The standard InChI is InChI=1S/C36H37FO9S2/c37-26-7-15-33(16-8-26)48(38,39)46-47(30-17-9-27(10-18-30)43-34-4-1-23-40-34,31-19-11-28(12-20-31)44-35-5-2-24-41-35)32-21-13-29(14-22-32)45-36-6-3-25-42-36/h7-22,34-36H,1-6,23-25H2. The van der Waals surface area contributed by atoms with Crippen LogP contribution >= 0.6 is 10.3 Å². The van der Waals surface area contributed by atoms with Crippen LogP contribution in [0.2, 0.25) is 0 Å². The molecule has 0 spiro atoms. The molecule has 0 saturated carbocycles. The summed E-state index contributed by atoms with van der Waals surface area (Å²) in [6.45, 7) is 1.93. The molecule has 3 atom stereocenters. The molecular formula is C36H37FO9S2. The Labute approximate surface area is 281 Å².